The van der Waals surface area contributed by atoms with Crippen LogP contribution in [0.25, 0.3) is 0 Å². The molecule has 2 aliphatic rings. The minimum atomic E-state index is -0.197. The standard InChI is InChI=1S/C9H19NO.C6H10O/c1-8(11)7-10-9-5-3-2-4-6-9;7-6-4-2-1-3-5-6/h8-11H,2-7H2,1H3;1-5H2. The third kappa shape index (κ3) is 7.83. The van der Waals surface area contributed by atoms with E-state index >= 15 is 0 Å². The lowest BCUT2D eigenvalue weighted by Crippen LogP contribution is -2.35. The monoisotopic (exact) mass is 255 g/mol. The predicted octanol–water partition coefficient (Wildman–Crippen LogP) is 2.81. The number of hydrogen-bond acceptors (Lipinski definition) is 3. The van der Waals surface area contributed by atoms with E-state index in [1.54, 1.807) is 0 Å². The summed E-state index contributed by atoms with van der Waals surface area (Å²) in [7, 11) is 0. The molecular weight excluding hydrogens is 226 g/mol. The molecule has 0 radical (unpaired) electrons. The molecule has 18 heavy (non-hydrogen) atoms. The molecule has 106 valence electrons. The summed E-state index contributed by atoms with van der Waals surface area (Å²) in [6.07, 6.45) is 11.8. The van der Waals surface area contributed by atoms with Gasteiger partial charge in [0.05, 0.1) is 6.10 Å². The van der Waals surface area contributed by atoms with Crippen molar-refractivity contribution in [2.75, 3.05) is 6.54 Å². The van der Waals surface area contributed by atoms with E-state index in [1.165, 1.54) is 38.5 Å². The molecule has 2 aliphatic carbocycles. The first-order valence-electron chi connectivity index (χ1n) is 7.61. The summed E-state index contributed by atoms with van der Waals surface area (Å²) < 4.78 is 0. The Morgan fingerprint density at radius 3 is 2.11 bits per heavy atom. The molecular formula is C15H29NO2. The number of Topliss-reactive ketones (excluding diaryl/α,β-unsaturated/α-hetero) is 1. The van der Waals surface area contributed by atoms with Crippen LogP contribution < -0.4 is 5.32 Å². The second kappa shape index (κ2) is 9.51. The van der Waals surface area contributed by atoms with Crippen LogP contribution in [0.3, 0.4) is 0 Å². The van der Waals surface area contributed by atoms with Gasteiger partial charge in [-0.05, 0) is 32.6 Å². The average Bonchev–Trinajstić information content (AvgIpc) is 2.39. The Hall–Kier alpha value is -0.410. The van der Waals surface area contributed by atoms with Gasteiger partial charge in [-0.1, -0.05) is 25.7 Å². The van der Waals surface area contributed by atoms with E-state index in [0.717, 1.165) is 32.2 Å². The fourth-order valence-corrected chi connectivity index (χ4v) is 2.59. The molecule has 0 spiro atoms. The van der Waals surface area contributed by atoms with Crippen molar-refractivity contribution in [3.05, 3.63) is 0 Å². The Kier molecular flexibility index (Phi) is 8.27. The van der Waals surface area contributed by atoms with Crippen LogP contribution in [0.15, 0.2) is 0 Å². The molecule has 0 amide bonds. The minimum Gasteiger partial charge on any atom is -0.392 e. The first-order chi connectivity index (χ1) is 8.68. The van der Waals surface area contributed by atoms with Gasteiger partial charge in [-0.2, -0.15) is 0 Å². The zero-order chi connectivity index (χ0) is 13.2. The summed E-state index contributed by atoms with van der Waals surface area (Å²) in [5.74, 6) is 0.464. The Balaban J connectivity index is 0.000000199. The molecule has 0 aliphatic heterocycles. The molecule has 0 saturated heterocycles. The number of aliphatic hydroxyl groups is 1. The lowest BCUT2D eigenvalue weighted by molar-refractivity contribution is -0.120. The van der Waals surface area contributed by atoms with Crippen molar-refractivity contribution in [2.24, 2.45) is 0 Å². The molecule has 1 unspecified atom stereocenters. The van der Waals surface area contributed by atoms with E-state index in [0.29, 0.717) is 11.8 Å². The molecule has 3 heteroatoms. The van der Waals surface area contributed by atoms with Gasteiger partial charge in [-0.15, -0.1) is 0 Å². The van der Waals surface area contributed by atoms with Gasteiger partial charge in [0, 0.05) is 25.4 Å². The lowest BCUT2D eigenvalue weighted by Gasteiger charge is -2.23. The molecule has 3 nitrogen and oxygen atoms in total. The Labute approximate surface area is 111 Å². The van der Waals surface area contributed by atoms with Crippen molar-refractivity contribution in [1.82, 2.24) is 5.32 Å². The second-order valence-corrected chi connectivity index (χ2v) is 5.69. The van der Waals surface area contributed by atoms with Gasteiger partial charge in [0.15, 0.2) is 0 Å². The van der Waals surface area contributed by atoms with Crippen LogP contribution in [0.2, 0.25) is 0 Å². The van der Waals surface area contributed by atoms with Crippen molar-refractivity contribution in [3.63, 3.8) is 0 Å². The topological polar surface area (TPSA) is 49.3 Å². The van der Waals surface area contributed by atoms with Crippen molar-refractivity contribution >= 4 is 5.78 Å². The summed E-state index contributed by atoms with van der Waals surface area (Å²) in [4.78, 5) is 10.5. The van der Waals surface area contributed by atoms with E-state index in [1.807, 2.05) is 6.92 Å². The van der Waals surface area contributed by atoms with Gasteiger partial charge in [0.25, 0.3) is 0 Å². The van der Waals surface area contributed by atoms with Crippen molar-refractivity contribution < 1.29 is 9.90 Å². The smallest absolute Gasteiger partial charge is 0.132 e. The van der Waals surface area contributed by atoms with E-state index < -0.39 is 0 Å². The molecule has 2 rings (SSSR count). The van der Waals surface area contributed by atoms with E-state index in [-0.39, 0.29) is 6.10 Å². The highest BCUT2D eigenvalue weighted by Gasteiger charge is 2.12. The molecule has 2 N–H and O–H groups in total. The first-order valence-corrected chi connectivity index (χ1v) is 7.61. The number of carbonyl (C=O) groups excluding carboxylic acids is 1. The van der Waals surface area contributed by atoms with E-state index in [2.05, 4.69) is 5.32 Å². The lowest BCUT2D eigenvalue weighted by atomic mass is 9.95. The van der Waals surface area contributed by atoms with Crippen LogP contribution in [0.5, 0.6) is 0 Å². The van der Waals surface area contributed by atoms with Crippen LogP contribution >= 0.6 is 0 Å². The summed E-state index contributed by atoms with van der Waals surface area (Å²) in [5.41, 5.74) is 0. The summed E-state index contributed by atoms with van der Waals surface area (Å²) in [5, 5.41) is 12.4. The maximum Gasteiger partial charge on any atom is 0.132 e. The van der Waals surface area contributed by atoms with Crippen molar-refractivity contribution in [3.8, 4) is 0 Å². The third-order valence-corrected chi connectivity index (χ3v) is 3.72. The molecule has 0 bridgehead atoms. The molecule has 0 heterocycles. The molecule has 0 aromatic rings. The van der Waals surface area contributed by atoms with Gasteiger partial charge in [0.1, 0.15) is 5.78 Å². The minimum absolute atomic E-state index is 0.197. The van der Waals surface area contributed by atoms with Crippen LogP contribution in [0.4, 0.5) is 0 Å². The molecule has 0 aromatic heterocycles. The summed E-state index contributed by atoms with van der Waals surface area (Å²) in [6.45, 7) is 2.58. The van der Waals surface area contributed by atoms with E-state index in [4.69, 9.17) is 5.11 Å². The highest BCUT2D eigenvalue weighted by molar-refractivity contribution is 5.78. The fourth-order valence-electron chi connectivity index (χ4n) is 2.59. The number of nitrogens with one attached hydrogen (secondary N) is 1. The summed E-state index contributed by atoms with van der Waals surface area (Å²) >= 11 is 0. The van der Waals surface area contributed by atoms with Crippen molar-refractivity contribution in [2.45, 2.75) is 83.3 Å². The first kappa shape index (κ1) is 15.6. The Morgan fingerprint density at radius 1 is 1.11 bits per heavy atom. The molecule has 1 atom stereocenters. The number of hydrogen-bond donors (Lipinski definition) is 2. The number of ketones is 1. The van der Waals surface area contributed by atoms with Crippen LogP contribution in [-0.4, -0.2) is 29.6 Å². The molecule has 2 fully saturated rings. The largest absolute Gasteiger partial charge is 0.392 e. The van der Waals surface area contributed by atoms with E-state index in [9.17, 15) is 4.79 Å². The zero-order valence-electron chi connectivity index (χ0n) is 11.8. The highest BCUT2D eigenvalue weighted by atomic mass is 16.3. The number of rotatable bonds is 3. The van der Waals surface area contributed by atoms with Gasteiger partial charge < -0.3 is 10.4 Å². The van der Waals surface area contributed by atoms with Crippen molar-refractivity contribution in [1.29, 1.82) is 0 Å². The normalized spacial score (nSPS) is 23.1. The molecule has 2 saturated carbocycles. The predicted molar refractivity (Wildman–Crippen MR) is 74.6 cm³/mol. The average molecular weight is 255 g/mol. The second-order valence-electron chi connectivity index (χ2n) is 5.69. The Bertz CT molecular complexity index is 215. The highest BCUT2D eigenvalue weighted by Crippen LogP contribution is 2.17. The Morgan fingerprint density at radius 2 is 1.67 bits per heavy atom. The van der Waals surface area contributed by atoms with Crippen LogP contribution in [0, 0.1) is 0 Å². The SMILES string of the molecule is CC(O)CNC1CCCCC1.O=C1CCCCC1. The quantitative estimate of drug-likeness (QED) is 0.815. The maximum atomic E-state index is 10.5. The number of carbonyl (C=O) groups is 1. The molecule has 0 aromatic carbocycles. The van der Waals surface area contributed by atoms with Gasteiger partial charge in [-0.25, -0.2) is 0 Å². The van der Waals surface area contributed by atoms with Crippen LogP contribution in [0.1, 0.15) is 71.1 Å². The number of aliphatic hydroxyl groups excluding tert-OH is 1. The summed E-state index contributed by atoms with van der Waals surface area (Å²) in [6, 6.07) is 0.679. The van der Waals surface area contributed by atoms with Crippen LogP contribution in [-0.2, 0) is 4.79 Å². The van der Waals surface area contributed by atoms with Gasteiger partial charge >= 0.3 is 0 Å². The third-order valence-electron chi connectivity index (χ3n) is 3.72. The fraction of sp³-hybridized carbons (Fsp3) is 0.933. The maximum absolute atomic E-state index is 10.5. The van der Waals surface area contributed by atoms with Gasteiger partial charge in [-0.3, -0.25) is 4.79 Å². The van der Waals surface area contributed by atoms with Gasteiger partial charge in [0.2, 0.25) is 0 Å². The zero-order valence-corrected chi connectivity index (χ0v) is 11.8.